The standard InChI is InChI=1S/C23H22N4O3/c1-16-6-2-3-7-18(16)15-26-21(28)19-8-4-5-9-20(19)27-23(30)22(29)25-14-17-10-12-24-13-11-17/h2-13H,14-15H2,1H3,(H,25,29)(H,26,28)(H,27,30). The SMILES string of the molecule is Cc1ccccc1CNC(=O)c1ccccc1NC(=O)C(=O)NCc1ccncc1. The molecule has 1 heterocycles. The first-order valence-electron chi connectivity index (χ1n) is 9.44. The van der Waals surface area contributed by atoms with Crippen LogP contribution in [0, 0.1) is 6.92 Å². The number of para-hydroxylation sites is 1. The number of nitrogens with zero attached hydrogens (tertiary/aromatic N) is 1. The third kappa shape index (κ3) is 5.51. The Morgan fingerprint density at radius 3 is 2.27 bits per heavy atom. The monoisotopic (exact) mass is 402 g/mol. The predicted octanol–water partition coefficient (Wildman–Crippen LogP) is 2.57. The number of benzene rings is 2. The summed E-state index contributed by atoms with van der Waals surface area (Å²) in [4.78, 5) is 40.9. The number of amides is 3. The van der Waals surface area contributed by atoms with Crippen LogP contribution in [0.25, 0.3) is 0 Å². The van der Waals surface area contributed by atoms with Crippen molar-refractivity contribution in [1.29, 1.82) is 0 Å². The topological polar surface area (TPSA) is 100 Å². The highest BCUT2D eigenvalue weighted by molar-refractivity contribution is 6.40. The fraction of sp³-hybridized carbons (Fsp3) is 0.130. The van der Waals surface area contributed by atoms with Gasteiger partial charge in [-0.2, -0.15) is 0 Å². The Kier molecular flexibility index (Phi) is 6.89. The molecule has 30 heavy (non-hydrogen) atoms. The van der Waals surface area contributed by atoms with Gasteiger partial charge in [0.05, 0.1) is 11.3 Å². The molecule has 0 aliphatic heterocycles. The van der Waals surface area contributed by atoms with E-state index in [1.807, 2.05) is 31.2 Å². The number of aromatic nitrogens is 1. The smallest absolute Gasteiger partial charge is 0.313 e. The van der Waals surface area contributed by atoms with E-state index in [2.05, 4.69) is 20.9 Å². The lowest BCUT2D eigenvalue weighted by Gasteiger charge is -2.12. The van der Waals surface area contributed by atoms with Gasteiger partial charge in [-0.3, -0.25) is 19.4 Å². The van der Waals surface area contributed by atoms with Crippen LogP contribution in [0.5, 0.6) is 0 Å². The summed E-state index contributed by atoms with van der Waals surface area (Å²) in [5.41, 5.74) is 3.44. The van der Waals surface area contributed by atoms with Gasteiger partial charge in [-0.15, -0.1) is 0 Å². The molecule has 3 N–H and O–H groups in total. The lowest BCUT2D eigenvalue weighted by Crippen LogP contribution is -2.35. The normalized spacial score (nSPS) is 10.2. The van der Waals surface area contributed by atoms with Crippen LogP contribution >= 0.6 is 0 Å². The molecule has 0 unspecified atom stereocenters. The van der Waals surface area contributed by atoms with Gasteiger partial charge in [0, 0.05) is 25.5 Å². The molecule has 0 saturated carbocycles. The number of carbonyl (C=O) groups is 3. The largest absolute Gasteiger partial charge is 0.348 e. The number of aryl methyl sites for hydroxylation is 1. The number of anilines is 1. The van der Waals surface area contributed by atoms with Gasteiger partial charge in [0.2, 0.25) is 0 Å². The second-order valence-corrected chi connectivity index (χ2v) is 6.65. The highest BCUT2D eigenvalue weighted by Crippen LogP contribution is 2.15. The Hall–Kier alpha value is -4.00. The summed E-state index contributed by atoms with van der Waals surface area (Å²) in [5, 5.41) is 7.90. The van der Waals surface area contributed by atoms with Crippen molar-refractivity contribution >= 4 is 23.4 Å². The molecule has 7 heteroatoms. The van der Waals surface area contributed by atoms with Crippen molar-refractivity contribution in [2.45, 2.75) is 20.0 Å². The van der Waals surface area contributed by atoms with Gasteiger partial charge in [0.1, 0.15) is 0 Å². The van der Waals surface area contributed by atoms with E-state index in [4.69, 9.17) is 0 Å². The third-order valence-electron chi connectivity index (χ3n) is 4.53. The lowest BCUT2D eigenvalue weighted by molar-refractivity contribution is -0.136. The van der Waals surface area contributed by atoms with Gasteiger partial charge in [-0.05, 0) is 47.9 Å². The van der Waals surface area contributed by atoms with Crippen LogP contribution in [0.15, 0.2) is 73.1 Å². The lowest BCUT2D eigenvalue weighted by atomic mass is 10.1. The van der Waals surface area contributed by atoms with Crippen LogP contribution < -0.4 is 16.0 Å². The van der Waals surface area contributed by atoms with Crippen LogP contribution in [0.2, 0.25) is 0 Å². The maximum absolute atomic E-state index is 12.6. The summed E-state index contributed by atoms with van der Waals surface area (Å²) >= 11 is 0. The van der Waals surface area contributed by atoms with Crippen molar-refractivity contribution in [1.82, 2.24) is 15.6 Å². The molecule has 7 nitrogen and oxygen atoms in total. The minimum absolute atomic E-state index is 0.202. The van der Waals surface area contributed by atoms with E-state index in [-0.39, 0.29) is 23.7 Å². The summed E-state index contributed by atoms with van der Waals surface area (Å²) in [6.45, 7) is 2.54. The third-order valence-corrected chi connectivity index (χ3v) is 4.53. The molecule has 0 aliphatic carbocycles. The van der Waals surface area contributed by atoms with Crippen LogP contribution in [0.4, 0.5) is 5.69 Å². The van der Waals surface area contributed by atoms with Crippen molar-refractivity contribution in [2.75, 3.05) is 5.32 Å². The van der Waals surface area contributed by atoms with Crippen molar-refractivity contribution < 1.29 is 14.4 Å². The molecule has 3 rings (SSSR count). The number of nitrogens with one attached hydrogen (secondary N) is 3. The average molecular weight is 402 g/mol. The van der Waals surface area contributed by atoms with Gasteiger partial charge in [0.25, 0.3) is 5.91 Å². The molecule has 0 bridgehead atoms. The molecule has 152 valence electrons. The quantitative estimate of drug-likeness (QED) is 0.552. The Balaban J connectivity index is 1.61. The van der Waals surface area contributed by atoms with Gasteiger partial charge < -0.3 is 16.0 Å². The summed E-state index contributed by atoms with van der Waals surface area (Å²) in [6, 6.07) is 17.8. The zero-order chi connectivity index (χ0) is 21.3. The van der Waals surface area contributed by atoms with Crippen LogP contribution in [0.3, 0.4) is 0 Å². The van der Waals surface area contributed by atoms with E-state index in [1.54, 1.807) is 48.8 Å². The summed E-state index contributed by atoms with van der Waals surface area (Å²) < 4.78 is 0. The molecule has 0 aliphatic rings. The van der Waals surface area contributed by atoms with E-state index < -0.39 is 11.8 Å². The van der Waals surface area contributed by atoms with E-state index in [0.29, 0.717) is 6.54 Å². The molecule has 0 fully saturated rings. The maximum atomic E-state index is 12.6. The second kappa shape index (κ2) is 9.97. The molecule has 1 aromatic heterocycles. The van der Waals surface area contributed by atoms with Gasteiger partial charge in [0.15, 0.2) is 0 Å². The molecule has 0 radical (unpaired) electrons. The minimum Gasteiger partial charge on any atom is -0.348 e. The molecule has 3 amide bonds. The molecule has 0 saturated heterocycles. The first kappa shape index (κ1) is 20.7. The predicted molar refractivity (Wildman–Crippen MR) is 114 cm³/mol. The Labute approximate surface area is 174 Å². The first-order chi connectivity index (χ1) is 14.5. The van der Waals surface area contributed by atoms with Gasteiger partial charge in [-0.1, -0.05) is 36.4 Å². The van der Waals surface area contributed by atoms with Gasteiger partial charge >= 0.3 is 11.8 Å². The van der Waals surface area contributed by atoms with E-state index in [1.165, 1.54) is 0 Å². The number of hydrogen-bond donors (Lipinski definition) is 3. The number of pyridine rings is 1. The zero-order valence-electron chi connectivity index (χ0n) is 16.5. The second-order valence-electron chi connectivity index (χ2n) is 6.65. The molecule has 0 spiro atoms. The highest BCUT2D eigenvalue weighted by atomic mass is 16.2. The van der Waals surface area contributed by atoms with Crippen LogP contribution in [0.1, 0.15) is 27.0 Å². The Bertz CT molecular complexity index is 1050. The molecular formula is C23H22N4O3. The summed E-state index contributed by atoms with van der Waals surface area (Å²) in [5.74, 6) is -1.98. The van der Waals surface area contributed by atoms with Crippen molar-refractivity contribution in [2.24, 2.45) is 0 Å². The zero-order valence-corrected chi connectivity index (χ0v) is 16.5. The fourth-order valence-corrected chi connectivity index (χ4v) is 2.81. The molecule has 3 aromatic rings. The number of rotatable bonds is 6. The van der Waals surface area contributed by atoms with Crippen molar-refractivity contribution in [3.63, 3.8) is 0 Å². The molecule has 2 aromatic carbocycles. The van der Waals surface area contributed by atoms with E-state index in [9.17, 15) is 14.4 Å². The Morgan fingerprint density at radius 1 is 0.800 bits per heavy atom. The highest BCUT2D eigenvalue weighted by Gasteiger charge is 2.17. The van der Waals surface area contributed by atoms with E-state index in [0.717, 1.165) is 16.7 Å². The fourth-order valence-electron chi connectivity index (χ4n) is 2.81. The van der Waals surface area contributed by atoms with Crippen LogP contribution in [-0.4, -0.2) is 22.7 Å². The Morgan fingerprint density at radius 2 is 1.50 bits per heavy atom. The van der Waals surface area contributed by atoms with Crippen molar-refractivity contribution in [3.05, 3.63) is 95.3 Å². The first-order valence-corrected chi connectivity index (χ1v) is 9.44. The molecule has 0 atom stereocenters. The maximum Gasteiger partial charge on any atom is 0.313 e. The van der Waals surface area contributed by atoms with Crippen LogP contribution in [-0.2, 0) is 22.7 Å². The average Bonchev–Trinajstić information content (AvgIpc) is 2.77. The number of hydrogen-bond acceptors (Lipinski definition) is 4. The summed E-state index contributed by atoms with van der Waals surface area (Å²) in [6.07, 6.45) is 3.21. The summed E-state index contributed by atoms with van der Waals surface area (Å²) in [7, 11) is 0. The van der Waals surface area contributed by atoms with Crippen molar-refractivity contribution in [3.8, 4) is 0 Å². The molecular weight excluding hydrogens is 380 g/mol. The van der Waals surface area contributed by atoms with Gasteiger partial charge in [-0.25, -0.2) is 0 Å². The van der Waals surface area contributed by atoms with E-state index >= 15 is 0 Å². The number of carbonyl (C=O) groups excluding carboxylic acids is 3. The minimum atomic E-state index is -0.844.